The van der Waals surface area contributed by atoms with E-state index in [0.717, 1.165) is 10.5 Å². The van der Waals surface area contributed by atoms with E-state index in [9.17, 15) is 13.6 Å². The number of rotatable bonds is 3. The minimum absolute atomic E-state index is 0.0705. The van der Waals surface area contributed by atoms with Crippen molar-refractivity contribution in [3.05, 3.63) is 35.9 Å². The number of halogens is 2. The van der Waals surface area contributed by atoms with Crippen molar-refractivity contribution < 1.29 is 18.3 Å². The van der Waals surface area contributed by atoms with Crippen LogP contribution in [0.15, 0.2) is 30.3 Å². The molecule has 20 heavy (non-hydrogen) atoms. The summed E-state index contributed by atoms with van der Waals surface area (Å²) in [7, 11) is 0. The molecule has 0 aliphatic carbocycles. The second-order valence-corrected chi connectivity index (χ2v) is 5.37. The van der Waals surface area contributed by atoms with Gasteiger partial charge in [-0.3, -0.25) is 0 Å². The highest BCUT2D eigenvalue weighted by Crippen LogP contribution is 2.42. The molecule has 0 spiro atoms. The van der Waals surface area contributed by atoms with Crippen molar-refractivity contribution in [2.75, 3.05) is 19.6 Å². The van der Waals surface area contributed by atoms with Crippen LogP contribution in [0.5, 0.6) is 0 Å². The van der Waals surface area contributed by atoms with E-state index < -0.39 is 24.0 Å². The molecule has 0 radical (unpaired) electrons. The predicted octanol–water partition coefficient (Wildman–Crippen LogP) is 2.24. The molecule has 0 saturated carbocycles. The van der Waals surface area contributed by atoms with E-state index in [4.69, 9.17) is 10.5 Å². The van der Waals surface area contributed by atoms with E-state index in [2.05, 4.69) is 0 Å². The fourth-order valence-corrected chi connectivity index (χ4v) is 2.18. The van der Waals surface area contributed by atoms with Crippen LogP contribution in [-0.4, -0.2) is 36.5 Å². The lowest BCUT2D eigenvalue weighted by Crippen LogP contribution is -2.43. The number of hydrogen-bond donors (Lipinski definition) is 1. The minimum Gasteiger partial charge on any atom is -0.445 e. The van der Waals surface area contributed by atoms with E-state index in [1.54, 1.807) is 12.1 Å². The number of benzene rings is 1. The molecular formula is C14H18F2N2O2. The molecule has 110 valence electrons. The molecule has 4 nitrogen and oxygen atoms in total. The molecule has 6 heteroatoms. The number of alkyl halides is 2. The summed E-state index contributed by atoms with van der Waals surface area (Å²) in [5.74, 6) is -2.99. The van der Waals surface area contributed by atoms with Crippen molar-refractivity contribution in [3.63, 3.8) is 0 Å². The average molecular weight is 284 g/mol. The van der Waals surface area contributed by atoms with Gasteiger partial charge in [-0.15, -0.1) is 0 Å². The topological polar surface area (TPSA) is 55.6 Å². The van der Waals surface area contributed by atoms with Gasteiger partial charge in [-0.25, -0.2) is 13.6 Å². The summed E-state index contributed by atoms with van der Waals surface area (Å²) in [4.78, 5) is 12.9. The van der Waals surface area contributed by atoms with E-state index in [1.165, 1.54) is 6.92 Å². The highest BCUT2D eigenvalue weighted by Gasteiger charge is 2.57. The number of likely N-dealkylation sites (tertiary alicyclic amines) is 1. The van der Waals surface area contributed by atoms with E-state index in [-0.39, 0.29) is 19.7 Å². The average Bonchev–Trinajstić information content (AvgIpc) is 2.68. The van der Waals surface area contributed by atoms with Crippen LogP contribution in [0.4, 0.5) is 13.6 Å². The van der Waals surface area contributed by atoms with E-state index in [0.29, 0.717) is 0 Å². The number of carbonyl (C=O) groups is 1. The van der Waals surface area contributed by atoms with E-state index >= 15 is 0 Å². The Labute approximate surface area is 116 Å². The molecule has 1 heterocycles. The molecule has 1 aliphatic heterocycles. The zero-order valence-corrected chi connectivity index (χ0v) is 11.3. The van der Waals surface area contributed by atoms with Gasteiger partial charge >= 0.3 is 6.09 Å². The second-order valence-electron chi connectivity index (χ2n) is 5.37. The van der Waals surface area contributed by atoms with Crippen LogP contribution in [0.1, 0.15) is 12.5 Å². The monoisotopic (exact) mass is 284 g/mol. The lowest BCUT2D eigenvalue weighted by molar-refractivity contribution is -0.0709. The van der Waals surface area contributed by atoms with Gasteiger partial charge in [0.05, 0.1) is 12.0 Å². The van der Waals surface area contributed by atoms with Crippen molar-refractivity contribution in [1.29, 1.82) is 0 Å². The van der Waals surface area contributed by atoms with Crippen molar-refractivity contribution in [1.82, 2.24) is 4.90 Å². The van der Waals surface area contributed by atoms with Gasteiger partial charge in [0, 0.05) is 13.1 Å². The van der Waals surface area contributed by atoms with Crippen LogP contribution in [0.3, 0.4) is 0 Å². The summed E-state index contributed by atoms with van der Waals surface area (Å²) in [5.41, 5.74) is 4.84. The summed E-state index contributed by atoms with van der Waals surface area (Å²) in [6.07, 6.45) is -0.731. The molecular weight excluding hydrogens is 266 g/mol. The van der Waals surface area contributed by atoms with Crippen molar-refractivity contribution in [2.45, 2.75) is 19.5 Å². The van der Waals surface area contributed by atoms with E-state index in [1.807, 2.05) is 18.2 Å². The lowest BCUT2D eigenvalue weighted by atomic mass is 9.86. The number of carbonyl (C=O) groups excluding carboxylic acids is 1. The molecule has 0 aromatic heterocycles. The molecule has 1 aromatic carbocycles. The van der Waals surface area contributed by atoms with Gasteiger partial charge in [0.2, 0.25) is 0 Å². The maximum Gasteiger partial charge on any atom is 0.410 e. The first-order valence-corrected chi connectivity index (χ1v) is 6.41. The molecule has 1 amide bonds. The number of amides is 1. The van der Waals surface area contributed by atoms with Gasteiger partial charge < -0.3 is 15.4 Å². The van der Waals surface area contributed by atoms with Crippen LogP contribution in [0.2, 0.25) is 0 Å². The van der Waals surface area contributed by atoms with Crippen molar-refractivity contribution in [2.24, 2.45) is 11.1 Å². The Hall–Kier alpha value is -1.69. The smallest absolute Gasteiger partial charge is 0.410 e. The Morgan fingerprint density at radius 1 is 1.35 bits per heavy atom. The quantitative estimate of drug-likeness (QED) is 0.926. The third kappa shape index (κ3) is 2.75. The summed E-state index contributed by atoms with van der Waals surface area (Å²) in [5, 5.41) is 0. The number of ether oxygens (including phenoxy) is 1. The molecule has 1 fully saturated rings. The second kappa shape index (κ2) is 5.36. The summed E-state index contributed by atoms with van der Waals surface area (Å²) >= 11 is 0. The van der Waals surface area contributed by atoms with Crippen LogP contribution >= 0.6 is 0 Å². The first kappa shape index (κ1) is 14.7. The highest BCUT2D eigenvalue weighted by atomic mass is 19.3. The van der Waals surface area contributed by atoms with Gasteiger partial charge in [0.15, 0.2) is 0 Å². The number of hydrogen-bond acceptors (Lipinski definition) is 3. The van der Waals surface area contributed by atoms with Gasteiger partial charge in [0.1, 0.15) is 6.61 Å². The van der Waals surface area contributed by atoms with Crippen LogP contribution in [0, 0.1) is 5.41 Å². The molecule has 0 bridgehead atoms. The van der Waals surface area contributed by atoms with Crippen LogP contribution in [0.25, 0.3) is 0 Å². The molecule has 2 rings (SSSR count). The molecule has 2 N–H and O–H groups in total. The molecule has 1 saturated heterocycles. The largest absolute Gasteiger partial charge is 0.445 e. The number of nitrogens with zero attached hydrogens (tertiary/aromatic N) is 1. The van der Waals surface area contributed by atoms with Crippen LogP contribution in [-0.2, 0) is 11.3 Å². The van der Waals surface area contributed by atoms with Gasteiger partial charge in [0.25, 0.3) is 5.92 Å². The summed E-state index contributed by atoms with van der Waals surface area (Å²) in [6.45, 7) is 0.541. The third-order valence-corrected chi connectivity index (χ3v) is 3.73. The summed E-state index contributed by atoms with van der Waals surface area (Å²) < 4.78 is 32.7. The first-order valence-electron chi connectivity index (χ1n) is 6.41. The Balaban J connectivity index is 1.95. The Kier molecular flexibility index (Phi) is 3.94. The highest BCUT2D eigenvalue weighted by molar-refractivity contribution is 5.68. The molecule has 1 aromatic rings. The number of nitrogens with two attached hydrogens (primary N) is 1. The van der Waals surface area contributed by atoms with Gasteiger partial charge in [-0.2, -0.15) is 0 Å². The zero-order chi connectivity index (χ0) is 14.8. The Morgan fingerprint density at radius 3 is 2.55 bits per heavy atom. The minimum atomic E-state index is -2.99. The van der Waals surface area contributed by atoms with Crippen molar-refractivity contribution >= 4 is 6.09 Å². The van der Waals surface area contributed by atoms with Gasteiger partial charge in [-0.05, 0) is 5.56 Å². The van der Waals surface area contributed by atoms with Crippen LogP contribution < -0.4 is 5.73 Å². The third-order valence-electron chi connectivity index (χ3n) is 3.73. The normalized spacial score (nSPS) is 24.7. The lowest BCUT2D eigenvalue weighted by Gasteiger charge is -2.27. The fourth-order valence-electron chi connectivity index (χ4n) is 2.18. The SMILES string of the molecule is CC1(CN)CN(C(=O)OCc2ccccc2)CC1(F)F. The van der Waals surface area contributed by atoms with Crippen molar-refractivity contribution in [3.8, 4) is 0 Å². The predicted molar refractivity (Wildman–Crippen MR) is 70.3 cm³/mol. The zero-order valence-electron chi connectivity index (χ0n) is 11.3. The molecule has 1 unspecified atom stereocenters. The molecule has 1 aliphatic rings. The van der Waals surface area contributed by atoms with Gasteiger partial charge in [-0.1, -0.05) is 37.3 Å². The fraction of sp³-hybridized carbons (Fsp3) is 0.500. The summed E-state index contributed by atoms with van der Waals surface area (Å²) in [6, 6.07) is 9.09. The maximum absolute atomic E-state index is 13.8. The Bertz CT molecular complexity index is 481. The standard InChI is InChI=1S/C14H18F2N2O2/c1-13(8-17)9-18(10-14(13,15)16)12(19)20-7-11-5-3-2-4-6-11/h2-6H,7-10,17H2,1H3. The maximum atomic E-state index is 13.8. The molecule has 1 atom stereocenters. The first-order chi connectivity index (χ1) is 9.38. The Morgan fingerprint density at radius 2 is 2.00 bits per heavy atom.